The minimum Gasteiger partial charge on any atom is -0.379 e. The van der Waals surface area contributed by atoms with E-state index in [1.807, 2.05) is 26.0 Å². The highest BCUT2D eigenvalue weighted by atomic mass is 19.1. The summed E-state index contributed by atoms with van der Waals surface area (Å²) in [6.07, 6.45) is 0. The van der Waals surface area contributed by atoms with E-state index in [1.54, 1.807) is 14.2 Å². The van der Waals surface area contributed by atoms with E-state index in [9.17, 15) is 4.39 Å². The molecule has 6 nitrogen and oxygen atoms in total. The van der Waals surface area contributed by atoms with Crippen molar-refractivity contribution in [2.24, 2.45) is 4.99 Å². The number of morpholine rings is 1. The molecule has 0 aliphatic carbocycles. The van der Waals surface area contributed by atoms with Crippen LogP contribution in [0.1, 0.15) is 25.5 Å². The minimum absolute atomic E-state index is 0.119. The van der Waals surface area contributed by atoms with E-state index in [1.165, 1.54) is 12.1 Å². The maximum Gasteiger partial charge on any atom is 0.191 e. The van der Waals surface area contributed by atoms with Crippen LogP contribution in [0, 0.1) is 5.82 Å². The number of guanidine groups is 1. The molecule has 26 heavy (non-hydrogen) atoms. The number of rotatable bonds is 7. The summed E-state index contributed by atoms with van der Waals surface area (Å²) in [5.74, 6) is 0.497. The van der Waals surface area contributed by atoms with Gasteiger partial charge in [-0.2, -0.15) is 0 Å². The second-order valence-electron chi connectivity index (χ2n) is 6.99. The highest BCUT2D eigenvalue weighted by molar-refractivity contribution is 5.79. The fourth-order valence-corrected chi connectivity index (χ4v) is 2.81. The predicted molar refractivity (Wildman–Crippen MR) is 102 cm³/mol. The molecular formula is C19H31FN4O2. The smallest absolute Gasteiger partial charge is 0.191 e. The van der Waals surface area contributed by atoms with E-state index in [0.29, 0.717) is 26.3 Å². The van der Waals surface area contributed by atoms with E-state index in [4.69, 9.17) is 9.47 Å². The van der Waals surface area contributed by atoms with Gasteiger partial charge in [0.25, 0.3) is 0 Å². The number of halogens is 1. The Labute approximate surface area is 155 Å². The van der Waals surface area contributed by atoms with E-state index in [-0.39, 0.29) is 17.5 Å². The highest BCUT2D eigenvalue weighted by Gasteiger charge is 2.23. The fraction of sp³-hybridized carbons (Fsp3) is 0.632. The number of hydrogen-bond donors (Lipinski definition) is 2. The third-order valence-corrected chi connectivity index (χ3v) is 4.66. The summed E-state index contributed by atoms with van der Waals surface area (Å²) in [5.41, 5.74) is 0.798. The molecule has 1 atom stereocenters. The molecule has 0 spiro atoms. The number of ether oxygens (including phenoxy) is 2. The summed E-state index contributed by atoms with van der Waals surface area (Å²) in [4.78, 5) is 6.64. The summed E-state index contributed by atoms with van der Waals surface area (Å²) in [6.45, 7) is 8.48. The summed E-state index contributed by atoms with van der Waals surface area (Å²) >= 11 is 0. The van der Waals surface area contributed by atoms with Gasteiger partial charge in [-0.15, -0.1) is 0 Å². The molecule has 146 valence electrons. The quantitative estimate of drug-likeness (QED) is 0.569. The zero-order valence-electron chi connectivity index (χ0n) is 16.2. The molecule has 1 unspecified atom stereocenters. The molecule has 0 bridgehead atoms. The van der Waals surface area contributed by atoms with Gasteiger partial charge in [0.1, 0.15) is 5.82 Å². The number of aliphatic imine (C=N–C) groups is 1. The Morgan fingerprint density at radius 2 is 1.92 bits per heavy atom. The lowest BCUT2D eigenvalue weighted by Gasteiger charge is -2.35. The summed E-state index contributed by atoms with van der Waals surface area (Å²) < 4.78 is 24.2. The predicted octanol–water partition coefficient (Wildman–Crippen LogP) is 1.79. The van der Waals surface area contributed by atoms with Gasteiger partial charge in [-0.1, -0.05) is 12.1 Å². The molecule has 1 aromatic carbocycles. The van der Waals surface area contributed by atoms with E-state index < -0.39 is 0 Å². The first-order valence-electron chi connectivity index (χ1n) is 9.02. The summed E-state index contributed by atoms with van der Waals surface area (Å²) in [6, 6.07) is 6.84. The van der Waals surface area contributed by atoms with Gasteiger partial charge in [0.2, 0.25) is 0 Å². The highest BCUT2D eigenvalue weighted by Crippen LogP contribution is 2.21. The normalized spacial score (nSPS) is 17.8. The van der Waals surface area contributed by atoms with E-state index in [2.05, 4.69) is 20.5 Å². The van der Waals surface area contributed by atoms with Gasteiger partial charge in [0.05, 0.1) is 24.9 Å². The molecule has 0 radical (unpaired) electrons. The van der Waals surface area contributed by atoms with Gasteiger partial charge in [-0.25, -0.2) is 4.39 Å². The lowest BCUT2D eigenvalue weighted by molar-refractivity contribution is 0.0167. The van der Waals surface area contributed by atoms with Crippen molar-refractivity contribution in [3.63, 3.8) is 0 Å². The summed E-state index contributed by atoms with van der Waals surface area (Å²) in [5, 5.41) is 6.67. The van der Waals surface area contributed by atoms with Crippen LogP contribution in [0.2, 0.25) is 0 Å². The third-order valence-electron chi connectivity index (χ3n) is 4.66. The minimum atomic E-state index is -0.280. The lowest BCUT2D eigenvalue weighted by atomic mass is 10.0. The average molecular weight is 366 g/mol. The van der Waals surface area contributed by atoms with Gasteiger partial charge >= 0.3 is 0 Å². The fourth-order valence-electron chi connectivity index (χ4n) is 2.81. The van der Waals surface area contributed by atoms with Crippen molar-refractivity contribution in [1.29, 1.82) is 0 Å². The zero-order valence-corrected chi connectivity index (χ0v) is 16.2. The van der Waals surface area contributed by atoms with Crippen molar-refractivity contribution in [3.8, 4) is 0 Å². The number of methoxy groups -OCH3 is 1. The second kappa shape index (κ2) is 9.85. The number of nitrogens with zero attached hydrogens (tertiary/aromatic N) is 2. The Balaban J connectivity index is 2.02. The Morgan fingerprint density at radius 3 is 2.50 bits per heavy atom. The van der Waals surface area contributed by atoms with Crippen LogP contribution in [0.4, 0.5) is 4.39 Å². The largest absolute Gasteiger partial charge is 0.379 e. The third kappa shape index (κ3) is 6.23. The molecule has 7 heteroatoms. The van der Waals surface area contributed by atoms with Gasteiger partial charge in [-0.05, 0) is 31.5 Å². The van der Waals surface area contributed by atoms with Crippen LogP contribution in [0.25, 0.3) is 0 Å². The molecule has 1 saturated heterocycles. The van der Waals surface area contributed by atoms with Crippen molar-refractivity contribution in [3.05, 3.63) is 35.6 Å². The molecule has 2 N–H and O–H groups in total. The van der Waals surface area contributed by atoms with Crippen LogP contribution >= 0.6 is 0 Å². The van der Waals surface area contributed by atoms with Crippen LogP contribution in [-0.2, 0) is 9.47 Å². The van der Waals surface area contributed by atoms with Gasteiger partial charge < -0.3 is 20.1 Å². The van der Waals surface area contributed by atoms with Gasteiger partial charge in [-0.3, -0.25) is 9.89 Å². The SMILES string of the molecule is CN=C(NCC(c1ccc(F)cc1)N1CCOCC1)NCC(C)(C)OC. The van der Waals surface area contributed by atoms with Gasteiger partial charge in [0.15, 0.2) is 5.96 Å². The zero-order chi connectivity index (χ0) is 19.0. The first-order chi connectivity index (χ1) is 12.4. The van der Waals surface area contributed by atoms with Crippen molar-refractivity contribution >= 4 is 5.96 Å². The first-order valence-corrected chi connectivity index (χ1v) is 9.02. The second-order valence-corrected chi connectivity index (χ2v) is 6.99. The Kier molecular flexibility index (Phi) is 7.81. The molecule has 1 fully saturated rings. The number of benzene rings is 1. The Bertz CT molecular complexity index is 571. The molecule has 1 aliphatic rings. The van der Waals surface area contributed by atoms with Crippen LogP contribution in [-0.4, -0.2) is 70.0 Å². The van der Waals surface area contributed by atoms with Crippen LogP contribution in [0.15, 0.2) is 29.3 Å². The lowest BCUT2D eigenvalue weighted by Crippen LogP contribution is -2.48. The van der Waals surface area contributed by atoms with Crippen LogP contribution < -0.4 is 10.6 Å². The Hall–Kier alpha value is -1.70. The molecule has 2 rings (SSSR count). The average Bonchev–Trinajstić information content (AvgIpc) is 2.66. The standard InChI is InChI=1S/C19H31FN4O2/c1-19(2,25-4)14-23-18(21-3)22-13-17(24-9-11-26-12-10-24)15-5-7-16(20)8-6-15/h5-8,17H,9-14H2,1-4H3,(H2,21,22,23). The topological polar surface area (TPSA) is 58.1 Å². The van der Waals surface area contributed by atoms with Gasteiger partial charge in [0, 0.05) is 40.3 Å². The molecule has 1 aromatic rings. The van der Waals surface area contributed by atoms with E-state index >= 15 is 0 Å². The monoisotopic (exact) mass is 366 g/mol. The number of hydrogen-bond acceptors (Lipinski definition) is 4. The molecular weight excluding hydrogens is 335 g/mol. The first kappa shape index (κ1) is 20.6. The molecule has 0 amide bonds. The maximum atomic E-state index is 13.3. The molecule has 1 aliphatic heterocycles. The van der Waals surface area contributed by atoms with Crippen molar-refractivity contribution in [1.82, 2.24) is 15.5 Å². The molecule has 0 saturated carbocycles. The van der Waals surface area contributed by atoms with Crippen molar-refractivity contribution < 1.29 is 13.9 Å². The van der Waals surface area contributed by atoms with Crippen LogP contribution in [0.3, 0.4) is 0 Å². The van der Waals surface area contributed by atoms with Crippen molar-refractivity contribution in [2.75, 3.05) is 53.6 Å². The number of nitrogens with one attached hydrogen (secondary N) is 2. The Morgan fingerprint density at radius 1 is 1.27 bits per heavy atom. The van der Waals surface area contributed by atoms with Crippen molar-refractivity contribution in [2.45, 2.75) is 25.5 Å². The molecule has 1 heterocycles. The maximum absolute atomic E-state index is 13.3. The van der Waals surface area contributed by atoms with E-state index in [0.717, 1.165) is 24.6 Å². The van der Waals surface area contributed by atoms with Crippen LogP contribution in [0.5, 0.6) is 0 Å². The summed E-state index contributed by atoms with van der Waals surface area (Å²) in [7, 11) is 3.44. The molecule has 0 aromatic heterocycles.